The van der Waals surface area contributed by atoms with Gasteiger partial charge in [0.05, 0.1) is 12.9 Å². The van der Waals surface area contributed by atoms with Gasteiger partial charge in [-0.2, -0.15) is 0 Å². The van der Waals surface area contributed by atoms with Gasteiger partial charge in [0.25, 0.3) is 0 Å². The monoisotopic (exact) mass is 258 g/mol. The molecule has 0 spiro atoms. The number of rotatable bonds is 4. The fraction of sp³-hybridized carbons (Fsp3) is 0.667. The van der Waals surface area contributed by atoms with E-state index in [9.17, 15) is 0 Å². The van der Waals surface area contributed by atoms with E-state index in [1.54, 1.807) is 18.3 Å². The molecule has 0 bridgehead atoms. The molecule has 3 rings (SSSR count). The summed E-state index contributed by atoms with van der Waals surface area (Å²) in [5.74, 6) is 3.02. The normalized spacial score (nSPS) is 28.0. The highest BCUT2D eigenvalue weighted by molar-refractivity contribution is 5.25. The zero-order chi connectivity index (χ0) is 13.2. The third kappa shape index (κ3) is 3.13. The predicted octanol–water partition coefficient (Wildman–Crippen LogP) is 5.15. The molecule has 1 unspecified atom stereocenters. The van der Waals surface area contributed by atoms with Crippen LogP contribution in [0, 0.1) is 11.8 Å². The van der Waals surface area contributed by atoms with E-state index in [1.807, 2.05) is 5.57 Å². The highest BCUT2D eigenvalue weighted by atomic mass is 16.5. The van der Waals surface area contributed by atoms with E-state index in [0.29, 0.717) is 0 Å². The van der Waals surface area contributed by atoms with Gasteiger partial charge in [0.15, 0.2) is 0 Å². The molecule has 104 valence electrons. The van der Waals surface area contributed by atoms with Gasteiger partial charge in [-0.15, -0.1) is 0 Å². The summed E-state index contributed by atoms with van der Waals surface area (Å²) in [6.07, 6.45) is 15.2. The van der Waals surface area contributed by atoms with Gasteiger partial charge < -0.3 is 4.74 Å². The molecule has 1 nitrogen and oxygen atoms in total. The third-order valence-corrected chi connectivity index (χ3v) is 5.06. The third-order valence-electron chi connectivity index (χ3n) is 5.06. The Morgan fingerprint density at radius 3 is 2.58 bits per heavy atom. The van der Waals surface area contributed by atoms with E-state index in [1.165, 1.54) is 44.9 Å². The van der Waals surface area contributed by atoms with Crippen LogP contribution in [0.3, 0.4) is 0 Å². The first kappa shape index (κ1) is 13.0. The lowest BCUT2D eigenvalue weighted by molar-refractivity contribution is 0.274. The molecule has 19 heavy (non-hydrogen) atoms. The Kier molecular flexibility index (Phi) is 3.81. The van der Waals surface area contributed by atoms with Crippen molar-refractivity contribution in [3.63, 3.8) is 0 Å². The topological polar surface area (TPSA) is 9.23 Å². The lowest BCUT2D eigenvalue weighted by atomic mass is 9.78. The maximum atomic E-state index is 5.31. The first-order chi connectivity index (χ1) is 9.26. The van der Waals surface area contributed by atoms with E-state index >= 15 is 0 Å². The Balaban J connectivity index is 1.60. The molecule has 1 heteroatoms. The molecule has 3 aliphatic carbocycles. The Labute approximate surface area is 117 Å². The van der Waals surface area contributed by atoms with Crippen molar-refractivity contribution in [1.29, 1.82) is 0 Å². The van der Waals surface area contributed by atoms with Crippen LogP contribution < -0.4 is 0 Å². The van der Waals surface area contributed by atoms with Crippen molar-refractivity contribution in [2.24, 2.45) is 11.8 Å². The second-order valence-corrected chi connectivity index (χ2v) is 6.55. The number of hydrogen-bond acceptors (Lipinski definition) is 1. The molecule has 1 fully saturated rings. The molecule has 0 N–H and O–H groups in total. The lowest BCUT2D eigenvalue weighted by Gasteiger charge is -2.27. The predicted molar refractivity (Wildman–Crippen MR) is 79.8 cm³/mol. The van der Waals surface area contributed by atoms with Crippen LogP contribution in [0.2, 0.25) is 0 Å². The second kappa shape index (κ2) is 5.56. The zero-order valence-electron chi connectivity index (χ0n) is 12.4. The highest BCUT2D eigenvalue weighted by Crippen LogP contribution is 2.46. The van der Waals surface area contributed by atoms with Gasteiger partial charge in [-0.3, -0.25) is 0 Å². The molecular weight excluding hydrogens is 232 g/mol. The SMILES string of the molecule is COC1=CC=C(CC2CCC(C)=C(C3CC3)C2)CC1. The molecule has 1 atom stereocenters. The quantitative estimate of drug-likeness (QED) is 0.633. The van der Waals surface area contributed by atoms with Crippen LogP contribution in [0.5, 0.6) is 0 Å². The number of ether oxygens (including phenoxy) is 1. The van der Waals surface area contributed by atoms with E-state index < -0.39 is 0 Å². The van der Waals surface area contributed by atoms with Crippen molar-refractivity contribution in [3.05, 3.63) is 34.6 Å². The van der Waals surface area contributed by atoms with Crippen LogP contribution in [0.1, 0.15) is 58.3 Å². The summed E-state index contributed by atoms with van der Waals surface area (Å²) < 4.78 is 5.31. The van der Waals surface area contributed by atoms with Gasteiger partial charge in [0.1, 0.15) is 0 Å². The van der Waals surface area contributed by atoms with Crippen LogP contribution in [0.15, 0.2) is 34.6 Å². The summed E-state index contributed by atoms with van der Waals surface area (Å²) in [6.45, 7) is 2.37. The number of hydrogen-bond donors (Lipinski definition) is 0. The number of methoxy groups -OCH3 is 1. The number of allylic oxidation sites excluding steroid dienone is 6. The fourth-order valence-corrected chi connectivity index (χ4v) is 3.66. The van der Waals surface area contributed by atoms with Gasteiger partial charge in [-0.25, -0.2) is 0 Å². The molecule has 0 radical (unpaired) electrons. The van der Waals surface area contributed by atoms with E-state index in [-0.39, 0.29) is 0 Å². The largest absolute Gasteiger partial charge is 0.501 e. The smallest absolute Gasteiger partial charge is 0.0958 e. The highest BCUT2D eigenvalue weighted by Gasteiger charge is 2.31. The Hall–Kier alpha value is -0.980. The van der Waals surface area contributed by atoms with Gasteiger partial charge in [0.2, 0.25) is 0 Å². The summed E-state index contributed by atoms with van der Waals surface area (Å²) in [6, 6.07) is 0. The van der Waals surface area contributed by atoms with Crippen LogP contribution in [0.25, 0.3) is 0 Å². The molecule has 0 saturated heterocycles. The summed E-state index contributed by atoms with van der Waals surface area (Å²) in [5.41, 5.74) is 5.19. The van der Waals surface area contributed by atoms with Crippen molar-refractivity contribution in [3.8, 4) is 0 Å². The minimum atomic E-state index is 0.906. The first-order valence-electron chi connectivity index (χ1n) is 7.87. The Bertz CT molecular complexity index is 435. The van der Waals surface area contributed by atoms with E-state index in [4.69, 9.17) is 4.74 Å². The summed E-state index contributed by atoms with van der Waals surface area (Å²) in [7, 11) is 1.78. The maximum absolute atomic E-state index is 5.31. The van der Waals surface area contributed by atoms with Crippen molar-refractivity contribution >= 4 is 0 Å². The van der Waals surface area contributed by atoms with Gasteiger partial charge in [-0.1, -0.05) is 22.8 Å². The lowest BCUT2D eigenvalue weighted by Crippen LogP contribution is -2.12. The van der Waals surface area contributed by atoms with E-state index in [0.717, 1.165) is 24.0 Å². The van der Waals surface area contributed by atoms with Gasteiger partial charge >= 0.3 is 0 Å². The molecular formula is C18H26O. The van der Waals surface area contributed by atoms with Crippen molar-refractivity contribution in [1.82, 2.24) is 0 Å². The van der Waals surface area contributed by atoms with Crippen LogP contribution in [-0.2, 0) is 4.74 Å². The standard InChI is InChI=1S/C18H26O/c1-13-3-4-15(12-18(13)16-7-8-16)11-14-5-9-17(19-2)10-6-14/h5,9,15-16H,3-4,6-8,10-12H2,1-2H3. The first-order valence-corrected chi connectivity index (χ1v) is 7.87. The molecule has 1 saturated carbocycles. The van der Waals surface area contributed by atoms with Crippen molar-refractivity contribution in [2.45, 2.75) is 58.3 Å². The Morgan fingerprint density at radius 1 is 1.11 bits per heavy atom. The minimum Gasteiger partial charge on any atom is -0.501 e. The summed E-state index contributed by atoms with van der Waals surface area (Å²) in [4.78, 5) is 0. The molecule has 3 aliphatic rings. The van der Waals surface area contributed by atoms with Gasteiger partial charge in [-0.05, 0) is 69.8 Å². The van der Waals surface area contributed by atoms with E-state index in [2.05, 4.69) is 19.1 Å². The molecule has 0 aromatic rings. The summed E-state index contributed by atoms with van der Waals surface area (Å²) >= 11 is 0. The minimum absolute atomic E-state index is 0.906. The molecule has 0 aliphatic heterocycles. The Morgan fingerprint density at radius 2 is 1.95 bits per heavy atom. The molecule has 0 aromatic carbocycles. The zero-order valence-corrected chi connectivity index (χ0v) is 12.4. The molecule has 0 heterocycles. The molecule has 0 aromatic heterocycles. The van der Waals surface area contributed by atoms with Crippen molar-refractivity contribution in [2.75, 3.05) is 7.11 Å². The maximum Gasteiger partial charge on any atom is 0.0958 e. The average molecular weight is 258 g/mol. The van der Waals surface area contributed by atoms with Crippen molar-refractivity contribution < 1.29 is 4.74 Å². The molecule has 0 amide bonds. The average Bonchev–Trinajstić information content (AvgIpc) is 3.26. The second-order valence-electron chi connectivity index (χ2n) is 6.55. The fourth-order valence-electron chi connectivity index (χ4n) is 3.66. The van der Waals surface area contributed by atoms with Crippen LogP contribution in [0.4, 0.5) is 0 Å². The van der Waals surface area contributed by atoms with Crippen LogP contribution >= 0.6 is 0 Å². The van der Waals surface area contributed by atoms with Gasteiger partial charge in [0, 0.05) is 6.42 Å². The van der Waals surface area contributed by atoms with Crippen LogP contribution in [-0.4, -0.2) is 7.11 Å². The summed E-state index contributed by atoms with van der Waals surface area (Å²) in [5, 5.41) is 0.